The number of benzene rings is 1. The Kier molecular flexibility index (Phi) is 3.38. The first-order chi connectivity index (χ1) is 10.8. The van der Waals surface area contributed by atoms with Crippen molar-refractivity contribution in [2.75, 3.05) is 36.0 Å². The summed E-state index contributed by atoms with van der Waals surface area (Å²) < 4.78 is 5.91. The van der Waals surface area contributed by atoms with Gasteiger partial charge in [0.25, 0.3) is 0 Å². The Morgan fingerprint density at radius 2 is 1.77 bits per heavy atom. The summed E-state index contributed by atoms with van der Waals surface area (Å²) in [6.45, 7) is 5.80. The SMILES string of the molecule is Cc1cncc(N2CCN(c3nsc4ccccc34)CC2)n1. The van der Waals surface area contributed by atoms with Gasteiger partial charge in [-0.15, -0.1) is 0 Å². The summed E-state index contributed by atoms with van der Waals surface area (Å²) in [5.74, 6) is 2.10. The molecule has 1 saturated heterocycles. The van der Waals surface area contributed by atoms with E-state index in [0.29, 0.717) is 0 Å². The van der Waals surface area contributed by atoms with Gasteiger partial charge >= 0.3 is 0 Å². The Morgan fingerprint density at radius 3 is 2.59 bits per heavy atom. The Bertz CT molecular complexity index is 792. The van der Waals surface area contributed by atoms with E-state index in [0.717, 1.165) is 43.5 Å². The summed E-state index contributed by atoms with van der Waals surface area (Å²) in [6.07, 6.45) is 3.64. The number of anilines is 2. The number of aromatic nitrogens is 3. The molecule has 22 heavy (non-hydrogen) atoms. The van der Waals surface area contributed by atoms with Gasteiger partial charge in [-0.05, 0) is 30.6 Å². The predicted octanol–water partition coefficient (Wildman–Crippen LogP) is 2.72. The minimum Gasteiger partial charge on any atom is -0.352 e. The molecule has 1 fully saturated rings. The van der Waals surface area contributed by atoms with Crippen molar-refractivity contribution in [2.45, 2.75) is 6.92 Å². The van der Waals surface area contributed by atoms with Crippen LogP contribution in [0, 0.1) is 6.92 Å². The highest BCUT2D eigenvalue weighted by atomic mass is 32.1. The molecule has 6 heteroatoms. The van der Waals surface area contributed by atoms with Crippen LogP contribution in [0.1, 0.15) is 5.69 Å². The van der Waals surface area contributed by atoms with Crippen molar-refractivity contribution in [1.82, 2.24) is 14.3 Å². The van der Waals surface area contributed by atoms with Crippen LogP contribution in [0.3, 0.4) is 0 Å². The summed E-state index contributed by atoms with van der Waals surface area (Å²) in [5, 5.41) is 1.26. The van der Waals surface area contributed by atoms with Crippen LogP contribution in [0.2, 0.25) is 0 Å². The zero-order valence-corrected chi connectivity index (χ0v) is 13.3. The van der Waals surface area contributed by atoms with Crippen molar-refractivity contribution in [3.8, 4) is 0 Å². The fraction of sp³-hybridized carbons (Fsp3) is 0.312. The zero-order valence-electron chi connectivity index (χ0n) is 12.4. The van der Waals surface area contributed by atoms with Crippen LogP contribution in [0.5, 0.6) is 0 Å². The van der Waals surface area contributed by atoms with Crippen LogP contribution in [0.4, 0.5) is 11.6 Å². The monoisotopic (exact) mass is 311 g/mol. The number of fused-ring (bicyclic) bond motifs is 1. The van der Waals surface area contributed by atoms with Crippen LogP contribution in [0.15, 0.2) is 36.7 Å². The average molecular weight is 311 g/mol. The van der Waals surface area contributed by atoms with Gasteiger partial charge in [0.2, 0.25) is 0 Å². The molecule has 0 aliphatic carbocycles. The third-order valence-electron chi connectivity index (χ3n) is 4.00. The third kappa shape index (κ3) is 2.39. The first-order valence-electron chi connectivity index (χ1n) is 7.44. The van der Waals surface area contributed by atoms with E-state index in [1.54, 1.807) is 17.7 Å². The zero-order chi connectivity index (χ0) is 14.9. The highest BCUT2D eigenvalue weighted by Gasteiger charge is 2.21. The van der Waals surface area contributed by atoms with Gasteiger partial charge in [0, 0.05) is 37.8 Å². The lowest BCUT2D eigenvalue weighted by Gasteiger charge is -2.35. The maximum absolute atomic E-state index is 4.65. The second kappa shape index (κ2) is 5.53. The summed E-state index contributed by atoms with van der Waals surface area (Å²) in [5.41, 5.74) is 0.963. The number of aryl methyl sites for hydroxylation is 1. The lowest BCUT2D eigenvalue weighted by Crippen LogP contribution is -2.47. The number of nitrogens with zero attached hydrogens (tertiary/aromatic N) is 5. The maximum Gasteiger partial charge on any atom is 0.150 e. The van der Waals surface area contributed by atoms with Crippen LogP contribution in [-0.4, -0.2) is 40.5 Å². The molecule has 0 bridgehead atoms. The quantitative estimate of drug-likeness (QED) is 0.728. The fourth-order valence-corrected chi connectivity index (χ4v) is 3.65. The molecule has 0 amide bonds. The molecule has 1 aliphatic rings. The number of piperazine rings is 1. The third-order valence-corrected chi connectivity index (χ3v) is 4.82. The first-order valence-corrected chi connectivity index (χ1v) is 8.21. The fourth-order valence-electron chi connectivity index (χ4n) is 2.85. The molecule has 4 rings (SSSR count). The molecule has 0 spiro atoms. The van der Waals surface area contributed by atoms with Crippen molar-refractivity contribution < 1.29 is 0 Å². The van der Waals surface area contributed by atoms with Crippen molar-refractivity contribution >= 4 is 33.3 Å². The van der Waals surface area contributed by atoms with E-state index in [2.05, 4.69) is 48.4 Å². The molecule has 3 aromatic rings. The number of hydrogen-bond donors (Lipinski definition) is 0. The van der Waals surface area contributed by atoms with Crippen LogP contribution < -0.4 is 9.80 Å². The van der Waals surface area contributed by atoms with E-state index in [-0.39, 0.29) is 0 Å². The lowest BCUT2D eigenvalue weighted by atomic mass is 10.2. The highest BCUT2D eigenvalue weighted by Crippen LogP contribution is 2.30. The average Bonchev–Trinajstić information content (AvgIpc) is 2.99. The summed E-state index contributed by atoms with van der Waals surface area (Å²) in [4.78, 5) is 13.5. The molecule has 0 N–H and O–H groups in total. The van der Waals surface area contributed by atoms with Crippen LogP contribution in [-0.2, 0) is 0 Å². The normalized spacial score (nSPS) is 15.5. The van der Waals surface area contributed by atoms with Gasteiger partial charge in [-0.2, -0.15) is 4.37 Å². The van der Waals surface area contributed by atoms with Gasteiger partial charge < -0.3 is 9.80 Å². The van der Waals surface area contributed by atoms with E-state index in [4.69, 9.17) is 0 Å². The molecule has 0 saturated carbocycles. The van der Waals surface area contributed by atoms with Gasteiger partial charge in [0.1, 0.15) is 11.6 Å². The molecule has 0 unspecified atom stereocenters. The van der Waals surface area contributed by atoms with Gasteiger partial charge in [0.15, 0.2) is 0 Å². The molecule has 0 atom stereocenters. The largest absolute Gasteiger partial charge is 0.352 e. The lowest BCUT2D eigenvalue weighted by molar-refractivity contribution is 0.643. The first kappa shape index (κ1) is 13.5. The van der Waals surface area contributed by atoms with Crippen LogP contribution in [0.25, 0.3) is 10.1 Å². The molecular weight excluding hydrogens is 294 g/mol. The Morgan fingerprint density at radius 1 is 1.00 bits per heavy atom. The van der Waals surface area contributed by atoms with Gasteiger partial charge in [-0.1, -0.05) is 12.1 Å². The standard InChI is InChI=1S/C16H17N5S/c1-12-10-17-11-15(18-12)20-6-8-21(9-7-20)16-13-4-2-3-5-14(13)22-19-16/h2-5,10-11H,6-9H2,1H3. The molecular formula is C16H17N5S. The van der Waals surface area contributed by atoms with E-state index >= 15 is 0 Å². The van der Waals surface area contributed by atoms with Crippen molar-refractivity contribution in [2.24, 2.45) is 0 Å². The molecule has 3 heterocycles. The highest BCUT2D eigenvalue weighted by molar-refractivity contribution is 7.13. The van der Waals surface area contributed by atoms with Crippen LogP contribution >= 0.6 is 11.5 Å². The van der Waals surface area contributed by atoms with Crippen molar-refractivity contribution in [3.63, 3.8) is 0 Å². The number of hydrogen-bond acceptors (Lipinski definition) is 6. The smallest absolute Gasteiger partial charge is 0.150 e. The van der Waals surface area contributed by atoms with E-state index in [1.165, 1.54) is 10.1 Å². The van der Waals surface area contributed by atoms with E-state index in [9.17, 15) is 0 Å². The summed E-state index contributed by atoms with van der Waals surface area (Å²) in [6, 6.07) is 8.44. The Labute approximate surface area is 133 Å². The summed E-state index contributed by atoms with van der Waals surface area (Å²) >= 11 is 1.58. The molecule has 0 radical (unpaired) electrons. The Balaban J connectivity index is 1.52. The van der Waals surface area contributed by atoms with E-state index in [1.807, 2.05) is 13.1 Å². The molecule has 112 valence electrons. The Hall–Kier alpha value is -2.21. The van der Waals surface area contributed by atoms with Gasteiger partial charge in [-0.3, -0.25) is 4.98 Å². The van der Waals surface area contributed by atoms with Crippen molar-refractivity contribution in [1.29, 1.82) is 0 Å². The molecule has 5 nitrogen and oxygen atoms in total. The summed E-state index contributed by atoms with van der Waals surface area (Å²) in [7, 11) is 0. The van der Waals surface area contributed by atoms with E-state index < -0.39 is 0 Å². The molecule has 2 aromatic heterocycles. The second-order valence-corrected chi connectivity index (χ2v) is 6.30. The molecule has 1 aliphatic heterocycles. The minimum absolute atomic E-state index is 0.948. The predicted molar refractivity (Wildman–Crippen MR) is 90.8 cm³/mol. The van der Waals surface area contributed by atoms with Gasteiger partial charge in [-0.25, -0.2) is 4.98 Å². The second-order valence-electron chi connectivity index (χ2n) is 5.50. The molecule has 1 aromatic carbocycles. The van der Waals surface area contributed by atoms with Crippen molar-refractivity contribution in [3.05, 3.63) is 42.4 Å². The maximum atomic E-state index is 4.65. The topological polar surface area (TPSA) is 45.2 Å². The minimum atomic E-state index is 0.948. The van der Waals surface area contributed by atoms with Gasteiger partial charge in [0.05, 0.1) is 16.6 Å². The number of rotatable bonds is 2.